The molecule has 2 atom stereocenters. The number of Topliss-reactive ketones (excluding diaryl/α,β-unsaturated/α-hetero) is 1. The predicted octanol–water partition coefficient (Wildman–Crippen LogP) is 3.57. The summed E-state index contributed by atoms with van der Waals surface area (Å²) in [6.45, 7) is 7.18. The Morgan fingerprint density at radius 1 is 1.16 bits per heavy atom. The summed E-state index contributed by atoms with van der Waals surface area (Å²) >= 11 is 0. The summed E-state index contributed by atoms with van der Waals surface area (Å²) in [5.41, 5.74) is 1.19. The van der Waals surface area contributed by atoms with Gasteiger partial charge in [0.25, 0.3) is 0 Å². The second kappa shape index (κ2) is 6.09. The van der Waals surface area contributed by atoms with Crippen molar-refractivity contribution in [3.63, 3.8) is 0 Å². The van der Waals surface area contributed by atoms with Crippen LogP contribution in [-0.2, 0) is 4.79 Å². The Bertz CT molecular complexity index is 453. The quantitative estimate of drug-likeness (QED) is 0.813. The molecule has 0 N–H and O–H groups in total. The van der Waals surface area contributed by atoms with Gasteiger partial charge in [-0.2, -0.15) is 0 Å². The molecule has 0 saturated heterocycles. The minimum absolute atomic E-state index is 0.118. The molecule has 0 spiro atoms. The average molecular weight is 262 g/mol. The molecule has 1 aliphatic carbocycles. The lowest BCUT2D eigenvalue weighted by molar-refractivity contribution is -0.120. The summed E-state index contributed by atoms with van der Waals surface area (Å²) in [6.07, 6.45) is 1.64. The molecule has 0 amide bonds. The van der Waals surface area contributed by atoms with Crippen molar-refractivity contribution in [2.45, 2.75) is 39.5 Å². The van der Waals surface area contributed by atoms with E-state index in [9.17, 15) is 4.79 Å². The Labute approximate surface area is 114 Å². The number of rotatable bonds is 5. The van der Waals surface area contributed by atoms with Gasteiger partial charge in [0.2, 0.25) is 0 Å². The van der Waals surface area contributed by atoms with Crippen molar-refractivity contribution in [3.8, 4) is 11.5 Å². The van der Waals surface area contributed by atoms with Crippen LogP contribution in [-0.4, -0.2) is 19.0 Å². The fraction of sp³-hybridized carbons (Fsp3) is 0.562. The largest absolute Gasteiger partial charge is 0.490 e. The fourth-order valence-electron chi connectivity index (χ4n) is 2.75. The highest BCUT2D eigenvalue weighted by Crippen LogP contribution is 2.40. The van der Waals surface area contributed by atoms with E-state index in [-0.39, 0.29) is 5.92 Å². The van der Waals surface area contributed by atoms with E-state index >= 15 is 0 Å². The second-order valence-electron chi connectivity index (χ2n) is 4.97. The molecule has 0 heterocycles. The third kappa shape index (κ3) is 2.91. The van der Waals surface area contributed by atoms with Gasteiger partial charge < -0.3 is 9.47 Å². The molecule has 1 aromatic carbocycles. The van der Waals surface area contributed by atoms with Crippen molar-refractivity contribution in [1.82, 2.24) is 0 Å². The molecule has 1 saturated carbocycles. The summed E-state index contributed by atoms with van der Waals surface area (Å²) in [4.78, 5) is 11.7. The molecular weight excluding hydrogens is 240 g/mol. The standard InChI is InChI=1S/C16H22O3/c1-4-18-15-9-6-12(10-16(15)19-5-2)13-7-8-14(17)11(13)3/h6,9-11,13H,4-5,7-8H2,1-3H3. The van der Waals surface area contributed by atoms with Crippen molar-refractivity contribution in [3.05, 3.63) is 23.8 Å². The lowest BCUT2D eigenvalue weighted by atomic mass is 9.90. The van der Waals surface area contributed by atoms with Crippen LogP contribution in [0.25, 0.3) is 0 Å². The minimum atomic E-state index is 0.118. The van der Waals surface area contributed by atoms with E-state index in [1.165, 1.54) is 5.56 Å². The zero-order valence-corrected chi connectivity index (χ0v) is 11.9. The Hall–Kier alpha value is -1.51. The van der Waals surface area contributed by atoms with Crippen LogP contribution in [0, 0.1) is 5.92 Å². The highest BCUT2D eigenvalue weighted by molar-refractivity contribution is 5.84. The summed E-state index contributed by atoms with van der Waals surface area (Å²) in [5.74, 6) is 2.38. The van der Waals surface area contributed by atoms with Crippen LogP contribution in [0.2, 0.25) is 0 Å². The molecule has 0 aromatic heterocycles. The summed E-state index contributed by atoms with van der Waals surface area (Å²) in [5, 5.41) is 0. The maximum Gasteiger partial charge on any atom is 0.161 e. The third-order valence-corrected chi connectivity index (χ3v) is 3.81. The van der Waals surface area contributed by atoms with Crippen LogP contribution < -0.4 is 9.47 Å². The summed E-state index contributed by atoms with van der Waals surface area (Å²) in [6, 6.07) is 6.06. The van der Waals surface area contributed by atoms with Crippen LogP contribution in [0.1, 0.15) is 45.1 Å². The monoisotopic (exact) mass is 262 g/mol. The topological polar surface area (TPSA) is 35.5 Å². The normalized spacial score (nSPS) is 22.6. The maximum absolute atomic E-state index is 11.7. The molecular formula is C16H22O3. The predicted molar refractivity (Wildman–Crippen MR) is 74.9 cm³/mol. The molecule has 2 unspecified atom stereocenters. The van der Waals surface area contributed by atoms with Crippen molar-refractivity contribution >= 4 is 5.78 Å². The minimum Gasteiger partial charge on any atom is -0.490 e. The zero-order chi connectivity index (χ0) is 13.8. The molecule has 1 fully saturated rings. The van der Waals surface area contributed by atoms with Gasteiger partial charge in [-0.3, -0.25) is 4.79 Å². The molecule has 104 valence electrons. The Kier molecular flexibility index (Phi) is 4.46. The molecule has 3 heteroatoms. The van der Waals surface area contributed by atoms with Crippen LogP contribution >= 0.6 is 0 Å². The van der Waals surface area contributed by atoms with Gasteiger partial charge in [0.05, 0.1) is 13.2 Å². The highest BCUT2D eigenvalue weighted by atomic mass is 16.5. The van der Waals surface area contributed by atoms with E-state index in [0.29, 0.717) is 31.3 Å². The number of ether oxygens (including phenoxy) is 2. The van der Waals surface area contributed by atoms with Gasteiger partial charge in [0.1, 0.15) is 5.78 Å². The van der Waals surface area contributed by atoms with Gasteiger partial charge >= 0.3 is 0 Å². The number of carbonyl (C=O) groups excluding carboxylic acids is 1. The van der Waals surface area contributed by atoms with Crippen molar-refractivity contribution in [2.24, 2.45) is 5.92 Å². The smallest absolute Gasteiger partial charge is 0.161 e. The fourth-order valence-corrected chi connectivity index (χ4v) is 2.75. The first-order valence-electron chi connectivity index (χ1n) is 7.09. The van der Waals surface area contributed by atoms with Crippen molar-refractivity contribution < 1.29 is 14.3 Å². The van der Waals surface area contributed by atoms with Gasteiger partial charge in [-0.1, -0.05) is 13.0 Å². The van der Waals surface area contributed by atoms with E-state index in [1.807, 2.05) is 32.9 Å². The van der Waals surface area contributed by atoms with Crippen LogP contribution in [0.5, 0.6) is 11.5 Å². The number of carbonyl (C=O) groups is 1. The van der Waals surface area contributed by atoms with Crippen LogP contribution in [0.3, 0.4) is 0 Å². The molecule has 2 rings (SSSR count). The lowest BCUT2D eigenvalue weighted by Crippen LogP contribution is -2.09. The number of ketones is 1. The first-order valence-corrected chi connectivity index (χ1v) is 7.09. The highest BCUT2D eigenvalue weighted by Gasteiger charge is 2.32. The number of hydrogen-bond donors (Lipinski definition) is 0. The van der Waals surface area contributed by atoms with E-state index in [4.69, 9.17) is 9.47 Å². The van der Waals surface area contributed by atoms with E-state index in [1.54, 1.807) is 0 Å². The van der Waals surface area contributed by atoms with Crippen LogP contribution in [0.4, 0.5) is 0 Å². The van der Waals surface area contributed by atoms with E-state index < -0.39 is 0 Å². The summed E-state index contributed by atoms with van der Waals surface area (Å²) < 4.78 is 11.2. The molecule has 1 aliphatic rings. The van der Waals surface area contributed by atoms with Crippen molar-refractivity contribution in [2.75, 3.05) is 13.2 Å². The molecule has 0 aliphatic heterocycles. The first-order chi connectivity index (χ1) is 9.17. The molecule has 1 aromatic rings. The Balaban J connectivity index is 2.27. The Morgan fingerprint density at radius 2 is 1.84 bits per heavy atom. The zero-order valence-electron chi connectivity index (χ0n) is 11.9. The molecule has 0 radical (unpaired) electrons. The second-order valence-corrected chi connectivity index (χ2v) is 4.97. The molecule has 3 nitrogen and oxygen atoms in total. The van der Waals surface area contributed by atoms with Gasteiger partial charge in [-0.05, 0) is 43.9 Å². The maximum atomic E-state index is 11.7. The van der Waals surface area contributed by atoms with E-state index in [0.717, 1.165) is 17.9 Å². The number of hydrogen-bond acceptors (Lipinski definition) is 3. The Morgan fingerprint density at radius 3 is 2.42 bits per heavy atom. The average Bonchev–Trinajstić information content (AvgIpc) is 2.73. The third-order valence-electron chi connectivity index (χ3n) is 3.81. The van der Waals surface area contributed by atoms with Gasteiger partial charge in [0, 0.05) is 12.3 Å². The molecule has 19 heavy (non-hydrogen) atoms. The van der Waals surface area contributed by atoms with Gasteiger partial charge in [-0.15, -0.1) is 0 Å². The molecule has 0 bridgehead atoms. The van der Waals surface area contributed by atoms with Crippen molar-refractivity contribution in [1.29, 1.82) is 0 Å². The lowest BCUT2D eigenvalue weighted by Gasteiger charge is -2.18. The van der Waals surface area contributed by atoms with Gasteiger partial charge in [-0.25, -0.2) is 0 Å². The van der Waals surface area contributed by atoms with Crippen LogP contribution in [0.15, 0.2) is 18.2 Å². The SMILES string of the molecule is CCOc1ccc(C2CCC(=O)C2C)cc1OCC. The number of benzene rings is 1. The van der Waals surface area contributed by atoms with E-state index in [2.05, 4.69) is 6.07 Å². The summed E-state index contributed by atoms with van der Waals surface area (Å²) in [7, 11) is 0. The van der Waals surface area contributed by atoms with Gasteiger partial charge in [0.15, 0.2) is 11.5 Å². The first kappa shape index (κ1) is 13.9.